The van der Waals surface area contributed by atoms with Gasteiger partial charge in [-0.15, -0.1) is 11.3 Å². The van der Waals surface area contributed by atoms with Crippen molar-refractivity contribution >= 4 is 23.1 Å². The molecule has 1 aliphatic rings. The molecule has 0 N–H and O–H groups in total. The van der Waals surface area contributed by atoms with Gasteiger partial charge in [0.25, 0.3) is 0 Å². The second-order valence-electron chi connectivity index (χ2n) is 4.93. The highest BCUT2D eigenvalue weighted by atomic mass is 32.1. The number of thiophene rings is 1. The van der Waals surface area contributed by atoms with Crippen LogP contribution in [0.1, 0.15) is 41.6 Å². The first-order chi connectivity index (χ1) is 10.2. The first-order valence-electron chi connectivity index (χ1n) is 7.08. The van der Waals surface area contributed by atoms with E-state index in [4.69, 9.17) is 9.15 Å². The van der Waals surface area contributed by atoms with E-state index in [1.807, 2.05) is 17.5 Å². The minimum Gasteiger partial charge on any atom is -0.466 e. The third-order valence-corrected chi connectivity index (χ3v) is 4.41. The zero-order valence-electron chi connectivity index (χ0n) is 11.8. The molecule has 2 aromatic rings. The number of esters is 1. The number of carbonyl (C=O) groups excluding carboxylic acids is 2. The Kier molecular flexibility index (Phi) is 3.92. The standard InChI is InChI=1S/C16H16O4S/c1-2-19-14(18)9-12-16(13-7-4-8-21-13)15-10(17)5-3-6-11(15)20-12/h4,7-8H,2-3,5-6,9H2,1H3. The monoisotopic (exact) mass is 304 g/mol. The van der Waals surface area contributed by atoms with Crippen LogP contribution in [0.3, 0.4) is 0 Å². The van der Waals surface area contributed by atoms with Gasteiger partial charge in [-0.25, -0.2) is 0 Å². The summed E-state index contributed by atoms with van der Waals surface area (Å²) in [4.78, 5) is 25.0. The van der Waals surface area contributed by atoms with Gasteiger partial charge in [0.2, 0.25) is 0 Å². The summed E-state index contributed by atoms with van der Waals surface area (Å²) in [6.07, 6.45) is 2.18. The van der Waals surface area contributed by atoms with Gasteiger partial charge in [0.05, 0.1) is 12.2 Å². The first kappa shape index (κ1) is 14.1. The molecule has 5 heteroatoms. The molecular formula is C16H16O4S. The van der Waals surface area contributed by atoms with E-state index >= 15 is 0 Å². The maximum absolute atomic E-state index is 12.3. The number of hydrogen-bond acceptors (Lipinski definition) is 5. The first-order valence-corrected chi connectivity index (χ1v) is 7.96. The Bertz CT molecular complexity index is 667. The summed E-state index contributed by atoms with van der Waals surface area (Å²) in [7, 11) is 0. The average molecular weight is 304 g/mol. The van der Waals surface area contributed by atoms with Crippen LogP contribution in [0, 0.1) is 0 Å². The highest BCUT2D eigenvalue weighted by Crippen LogP contribution is 2.39. The van der Waals surface area contributed by atoms with E-state index in [1.165, 1.54) is 0 Å². The van der Waals surface area contributed by atoms with E-state index < -0.39 is 0 Å². The predicted molar refractivity (Wildman–Crippen MR) is 79.6 cm³/mol. The number of aryl methyl sites for hydroxylation is 1. The lowest BCUT2D eigenvalue weighted by Gasteiger charge is -2.09. The number of Topliss-reactive ketones (excluding diaryl/α,β-unsaturated/α-hetero) is 1. The van der Waals surface area contributed by atoms with Gasteiger partial charge in [-0.05, 0) is 24.8 Å². The van der Waals surface area contributed by atoms with Crippen molar-refractivity contribution in [1.82, 2.24) is 0 Å². The summed E-state index contributed by atoms with van der Waals surface area (Å²) in [6.45, 7) is 2.11. The van der Waals surface area contributed by atoms with E-state index in [0.717, 1.165) is 23.3 Å². The van der Waals surface area contributed by atoms with E-state index in [2.05, 4.69) is 0 Å². The van der Waals surface area contributed by atoms with Crippen LogP contribution in [-0.2, 0) is 22.4 Å². The van der Waals surface area contributed by atoms with Crippen molar-refractivity contribution in [1.29, 1.82) is 0 Å². The molecule has 21 heavy (non-hydrogen) atoms. The highest BCUT2D eigenvalue weighted by molar-refractivity contribution is 7.13. The molecule has 0 aromatic carbocycles. The largest absolute Gasteiger partial charge is 0.466 e. The minimum absolute atomic E-state index is 0.0708. The SMILES string of the molecule is CCOC(=O)Cc1oc2c(c1-c1cccs1)C(=O)CCC2. The predicted octanol–water partition coefficient (Wildman–Crippen LogP) is 3.63. The summed E-state index contributed by atoms with van der Waals surface area (Å²) in [6, 6.07) is 3.88. The third kappa shape index (κ3) is 2.65. The van der Waals surface area contributed by atoms with Gasteiger partial charge in [-0.1, -0.05) is 6.07 Å². The quantitative estimate of drug-likeness (QED) is 0.809. The molecule has 0 spiro atoms. The second kappa shape index (κ2) is 5.85. The molecule has 4 nitrogen and oxygen atoms in total. The van der Waals surface area contributed by atoms with Crippen LogP contribution in [0.4, 0.5) is 0 Å². The molecule has 110 valence electrons. The van der Waals surface area contributed by atoms with Crippen molar-refractivity contribution in [3.63, 3.8) is 0 Å². The van der Waals surface area contributed by atoms with Gasteiger partial charge in [0.1, 0.15) is 17.9 Å². The fourth-order valence-electron chi connectivity index (χ4n) is 2.68. The molecule has 1 aliphatic carbocycles. The molecule has 0 radical (unpaired) electrons. The lowest BCUT2D eigenvalue weighted by molar-refractivity contribution is -0.142. The number of hydrogen-bond donors (Lipinski definition) is 0. The Labute approximate surface area is 126 Å². The maximum Gasteiger partial charge on any atom is 0.313 e. The van der Waals surface area contributed by atoms with E-state index in [9.17, 15) is 9.59 Å². The second-order valence-corrected chi connectivity index (χ2v) is 5.88. The normalized spacial score (nSPS) is 14.0. The summed E-state index contributed by atoms with van der Waals surface area (Å²) in [5.74, 6) is 1.05. The van der Waals surface area contributed by atoms with E-state index in [1.54, 1.807) is 18.3 Å². The molecule has 0 bridgehead atoms. The van der Waals surface area contributed by atoms with Crippen LogP contribution in [0.2, 0.25) is 0 Å². The molecule has 0 fully saturated rings. The zero-order valence-corrected chi connectivity index (χ0v) is 12.6. The molecule has 0 saturated carbocycles. The fraction of sp³-hybridized carbons (Fsp3) is 0.375. The lowest BCUT2D eigenvalue weighted by atomic mass is 9.92. The van der Waals surface area contributed by atoms with Crippen LogP contribution in [-0.4, -0.2) is 18.4 Å². The highest BCUT2D eigenvalue weighted by Gasteiger charge is 2.30. The molecule has 3 rings (SSSR count). The summed E-state index contributed by atoms with van der Waals surface area (Å²) in [5, 5.41) is 1.95. The van der Waals surface area contributed by atoms with E-state index in [-0.39, 0.29) is 18.2 Å². The average Bonchev–Trinajstić information content (AvgIpc) is 3.06. The molecule has 0 atom stereocenters. The number of rotatable bonds is 4. The Morgan fingerprint density at radius 3 is 2.95 bits per heavy atom. The number of furan rings is 1. The summed E-state index contributed by atoms with van der Waals surface area (Å²) in [5.41, 5.74) is 1.46. The summed E-state index contributed by atoms with van der Waals surface area (Å²) >= 11 is 1.55. The number of ketones is 1. The van der Waals surface area contributed by atoms with E-state index in [0.29, 0.717) is 30.1 Å². The maximum atomic E-state index is 12.3. The number of fused-ring (bicyclic) bond motifs is 1. The molecular weight excluding hydrogens is 288 g/mol. The van der Waals surface area contributed by atoms with Crippen molar-refractivity contribution in [2.45, 2.75) is 32.6 Å². The fourth-order valence-corrected chi connectivity index (χ4v) is 3.48. The molecule has 2 aromatic heterocycles. The number of carbonyl (C=O) groups is 2. The Morgan fingerprint density at radius 2 is 2.24 bits per heavy atom. The zero-order chi connectivity index (χ0) is 14.8. The van der Waals surface area contributed by atoms with Crippen molar-refractivity contribution in [3.8, 4) is 10.4 Å². The Balaban J connectivity index is 2.07. The molecule has 0 saturated heterocycles. The molecule has 2 heterocycles. The van der Waals surface area contributed by atoms with Crippen LogP contribution in [0.25, 0.3) is 10.4 Å². The van der Waals surface area contributed by atoms with Crippen molar-refractivity contribution in [2.75, 3.05) is 6.61 Å². The van der Waals surface area contributed by atoms with Crippen LogP contribution >= 0.6 is 11.3 Å². The molecule has 0 aliphatic heterocycles. The van der Waals surface area contributed by atoms with Gasteiger partial charge < -0.3 is 9.15 Å². The van der Waals surface area contributed by atoms with Crippen LogP contribution < -0.4 is 0 Å². The minimum atomic E-state index is -0.325. The molecule has 0 unspecified atom stereocenters. The smallest absolute Gasteiger partial charge is 0.313 e. The van der Waals surface area contributed by atoms with Gasteiger partial charge in [0.15, 0.2) is 5.78 Å². The Morgan fingerprint density at radius 1 is 1.38 bits per heavy atom. The van der Waals surface area contributed by atoms with Crippen molar-refractivity contribution in [3.05, 3.63) is 34.6 Å². The third-order valence-electron chi connectivity index (χ3n) is 3.52. The van der Waals surface area contributed by atoms with Gasteiger partial charge >= 0.3 is 5.97 Å². The lowest BCUT2D eigenvalue weighted by Crippen LogP contribution is -2.09. The number of ether oxygens (including phenoxy) is 1. The van der Waals surface area contributed by atoms with Crippen molar-refractivity contribution in [2.24, 2.45) is 0 Å². The van der Waals surface area contributed by atoms with Gasteiger partial charge in [0, 0.05) is 23.3 Å². The van der Waals surface area contributed by atoms with Gasteiger partial charge in [-0.3, -0.25) is 9.59 Å². The van der Waals surface area contributed by atoms with Crippen LogP contribution in [0.5, 0.6) is 0 Å². The Hall–Kier alpha value is -1.88. The topological polar surface area (TPSA) is 56.5 Å². The summed E-state index contributed by atoms with van der Waals surface area (Å²) < 4.78 is 10.8. The van der Waals surface area contributed by atoms with Crippen LogP contribution in [0.15, 0.2) is 21.9 Å². The van der Waals surface area contributed by atoms with Gasteiger partial charge in [-0.2, -0.15) is 0 Å². The molecule has 0 amide bonds. The van der Waals surface area contributed by atoms with Crippen molar-refractivity contribution < 1.29 is 18.7 Å².